The lowest BCUT2D eigenvalue weighted by Crippen LogP contribution is -1.96. The van der Waals surface area contributed by atoms with E-state index >= 15 is 0 Å². The van der Waals surface area contributed by atoms with Crippen LogP contribution in [0.3, 0.4) is 0 Å². The van der Waals surface area contributed by atoms with E-state index in [4.69, 9.17) is 21.7 Å². The third-order valence-corrected chi connectivity index (χ3v) is 3.57. The molecule has 0 bridgehead atoms. The minimum atomic E-state index is 0.259. The number of aromatic nitrogens is 3. The summed E-state index contributed by atoms with van der Waals surface area (Å²) in [5, 5.41) is 0. The topological polar surface area (TPSA) is 52.1 Å². The van der Waals surface area contributed by atoms with Crippen LogP contribution < -0.4 is 9.47 Å². The molecule has 3 heterocycles. The molecular weight excluding hydrogens is 274 g/mol. The first-order valence-corrected chi connectivity index (χ1v) is 6.61. The van der Waals surface area contributed by atoms with Crippen molar-refractivity contribution in [3.05, 3.63) is 40.8 Å². The highest BCUT2D eigenvalue weighted by molar-refractivity contribution is 7.71. The lowest BCUT2D eigenvalue weighted by molar-refractivity contribution is 0.174. The third kappa shape index (κ3) is 1.61. The third-order valence-electron chi connectivity index (χ3n) is 3.29. The molecule has 0 spiro atoms. The van der Waals surface area contributed by atoms with Gasteiger partial charge in [0.15, 0.2) is 21.9 Å². The predicted octanol–water partition coefficient (Wildman–Crippen LogP) is 3.12. The van der Waals surface area contributed by atoms with E-state index in [1.807, 2.05) is 41.8 Å². The van der Waals surface area contributed by atoms with E-state index in [9.17, 15) is 0 Å². The first kappa shape index (κ1) is 11.5. The van der Waals surface area contributed by atoms with Gasteiger partial charge in [-0.3, -0.25) is 4.57 Å². The number of fused-ring (bicyclic) bond motifs is 2. The molecule has 0 radical (unpaired) electrons. The summed E-state index contributed by atoms with van der Waals surface area (Å²) >= 11 is 5.40. The van der Waals surface area contributed by atoms with E-state index in [2.05, 4.69) is 9.97 Å². The van der Waals surface area contributed by atoms with Gasteiger partial charge in [0.25, 0.3) is 0 Å². The summed E-state index contributed by atoms with van der Waals surface area (Å²) in [6.07, 6.45) is 0. The van der Waals surface area contributed by atoms with Gasteiger partial charge in [0.05, 0.1) is 11.2 Å². The molecule has 20 heavy (non-hydrogen) atoms. The van der Waals surface area contributed by atoms with E-state index in [-0.39, 0.29) is 6.79 Å². The van der Waals surface area contributed by atoms with E-state index < -0.39 is 0 Å². The number of ether oxygens (including phenoxy) is 2. The van der Waals surface area contributed by atoms with Crippen LogP contribution in [0, 0.1) is 11.7 Å². The first-order chi connectivity index (χ1) is 9.72. The van der Waals surface area contributed by atoms with Gasteiger partial charge < -0.3 is 14.5 Å². The van der Waals surface area contributed by atoms with Gasteiger partial charge in [-0.05, 0) is 43.4 Å². The van der Waals surface area contributed by atoms with Gasteiger partial charge in [0, 0.05) is 11.8 Å². The number of nitrogens with one attached hydrogen (secondary N) is 1. The Balaban J connectivity index is 2.00. The number of aryl methyl sites for hydroxylation is 1. The Morgan fingerprint density at radius 1 is 1.20 bits per heavy atom. The fourth-order valence-electron chi connectivity index (χ4n) is 2.34. The number of imidazole rings is 1. The molecule has 0 saturated carbocycles. The summed E-state index contributed by atoms with van der Waals surface area (Å²) < 4.78 is 13.3. The normalized spacial score (nSPS) is 13.1. The summed E-state index contributed by atoms with van der Waals surface area (Å²) in [5.41, 5.74) is 3.58. The molecule has 1 N–H and O–H groups in total. The maximum absolute atomic E-state index is 5.41. The zero-order valence-corrected chi connectivity index (χ0v) is 11.5. The molecule has 4 rings (SSSR count). The number of nitrogens with zero attached hydrogens (tertiary/aromatic N) is 2. The smallest absolute Gasteiger partial charge is 0.231 e. The average Bonchev–Trinajstić information content (AvgIpc) is 3.00. The highest BCUT2D eigenvalue weighted by atomic mass is 32.1. The Morgan fingerprint density at radius 3 is 2.95 bits per heavy atom. The highest BCUT2D eigenvalue weighted by Gasteiger charge is 2.15. The number of pyridine rings is 1. The zero-order valence-electron chi connectivity index (χ0n) is 10.7. The lowest BCUT2D eigenvalue weighted by Gasteiger charge is -2.05. The second kappa shape index (κ2) is 4.08. The number of rotatable bonds is 1. The van der Waals surface area contributed by atoms with Crippen molar-refractivity contribution in [3.8, 4) is 17.2 Å². The SMILES string of the molecule is Cc1ccc2[nH]c(=S)n(-c3ccc4c(c3)OCO4)c2n1. The summed E-state index contributed by atoms with van der Waals surface area (Å²) in [7, 11) is 0. The van der Waals surface area contributed by atoms with Gasteiger partial charge in [0.2, 0.25) is 6.79 Å². The van der Waals surface area contributed by atoms with E-state index in [0.29, 0.717) is 4.77 Å². The Morgan fingerprint density at radius 2 is 2.05 bits per heavy atom. The standard InChI is InChI=1S/C14H11N3O2S/c1-8-2-4-10-13(15-8)17(14(20)16-10)9-3-5-11-12(6-9)19-7-18-11/h2-6H,7H2,1H3,(H,16,20). The molecule has 1 aromatic carbocycles. The Labute approximate surface area is 119 Å². The first-order valence-electron chi connectivity index (χ1n) is 6.21. The average molecular weight is 285 g/mol. The lowest BCUT2D eigenvalue weighted by atomic mass is 10.2. The fraction of sp³-hybridized carbons (Fsp3) is 0.143. The van der Waals surface area contributed by atoms with Crippen molar-refractivity contribution < 1.29 is 9.47 Å². The number of benzene rings is 1. The minimum absolute atomic E-state index is 0.259. The molecule has 1 aliphatic heterocycles. The van der Waals surface area contributed by atoms with Crippen molar-refractivity contribution in [2.45, 2.75) is 6.92 Å². The molecule has 0 atom stereocenters. The van der Waals surface area contributed by atoms with Gasteiger partial charge in [-0.25, -0.2) is 4.98 Å². The van der Waals surface area contributed by atoms with Crippen LogP contribution in [0.25, 0.3) is 16.9 Å². The Kier molecular flexibility index (Phi) is 2.34. The Bertz CT molecular complexity index is 882. The number of hydrogen-bond donors (Lipinski definition) is 1. The minimum Gasteiger partial charge on any atom is -0.454 e. The van der Waals surface area contributed by atoms with Crippen molar-refractivity contribution in [3.63, 3.8) is 0 Å². The second-order valence-electron chi connectivity index (χ2n) is 4.63. The summed E-state index contributed by atoms with van der Waals surface area (Å²) in [6, 6.07) is 9.68. The van der Waals surface area contributed by atoms with E-state index in [1.54, 1.807) is 0 Å². The molecule has 100 valence electrons. The zero-order chi connectivity index (χ0) is 13.7. The van der Waals surface area contributed by atoms with Crippen molar-refractivity contribution >= 4 is 23.4 Å². The van der Waals surface area contributed by atoms with Crippen LogP contribution in [0.5, 0.6) is 11.5 Å². The maximum atomic E-state index is 5.41. The van der Waals surface area contributed by atoms with Crippen molar-refractivity contribution in [1.82, 2.24) is 14.5 Å². The molecule has 0 aliphatic carbocycles. The molecule has 3 aromatic rings. The van der Waals surface area contributed by atoms with Crippen LogP contribution in [-0.2, 0) is 0 Å². The Hall–Kier alpha value is -2.34. The highest BCUT2D eigenvalue weighted by Crippen LogP contribution is 2.34. The molecule has 0 saturated heterocycles. The van der Waals surface area contributed by atoms with Crippen molar-refractivity contribution in [1.29, 1.82) is 0 Å². The molecule has 5 nitrogen and oxygen atoms in total. The summed E-state index contributed by atoms with van der Waals surface area (Å²) in [6.45, 7) is 2.22. The van der Waals surface area contributed by atoms with Crippen LogP contribution >= 0.6 is 12.2 Å². The number of aromatic amines is 1. The summed E-state index contributed by atoms with van der Waals surface area (Å²) in [5.74, 6) is 1.48. The van der Waals surface area contributed by atoms with E-state index in [1.165, 1.54) is 0 Å². The molecular formula is C14H11N3O2S. The molecule has 1 aliphatic rings. The van der Waals surface area contributed by atoms with Crippen LogP contribution in [-0.4, -0.2) is 21.3 Å². The monoisotopic (exact) mass is 285 g/mol. The predicted molar refractivity (Wildman–Crippen MR) is 77.1 cm³/mol. The molecule has 0 fully saturated rings. The summed E-state index contributed by atoms with van der Waals surface area (Å²) in [4.78, 5) is 7.72. The maximum Gasteiger partial charge on any atom is 0.231 e. The van der Waals surface area contributed by atoms with Crippen molar-refractivity contribution in [2.75, 3.05) is 6.79 Å². The van der Waals surface area contributed by atoms with Crippen molar-refractivity contribution in [2.24, 2.45) is 0 Å². The largest absolute Gasteiger partial charge is 0.454 e. The van der Waals surface area contributed by atoms with Gasteiger partial charge in [-0.15, -0.1) is 0 Å². The second-order valence-corrected chi connectivity index (χ2v) is 5.01. The van der Waals surface area contributed by atoms with Crippen LogP contribution in [0.15, 0.2) is 30.3 Å². The van der Waals surface area contributed by atoms with Gasteiger partial charge >= 0.3 is 0 Å². The van der Waals surface area contributed by atoms with Gasteiger partial charge in [-0.1, -0.05) is 0 Å². The molecule has 6 heteroatoms. The molecule has 0 amide bonds. The fourth-order valence-corrected chi connectivity index (χ4v) is 2.64. The quantitative estimate of drug-likeness (QED) is 0.698. The van der Waals surface area contributed by atoms with Crippen LogP contribution in [0.2, 0.25) is 0 Å². The van der Waals surface area contributed by atoms with Gasteiger partial charge in [-0.2, -0.15) is 0 Å². The number of H-pyrrole nitrogens is 1. The van der Waals surface area contributed by atoms with E-state index in [0.717, 1.165) is 34.0 Å². The number of hydrogen-bond acceptors (Lipinski definition) is 4. The van der Waals surface area contributed by atoms with Crippen LogP contribution in [0.4, 0.5) is 0 Å². The molecule has 2 aromatic heterocycles. The van der Waals surface area contributed by atoms with Gasteiger partial charge in [0.1, 0.15) is 0 Å². The van der Waals surface area contributed by atoms with Crippen LogP contribution in [0.1, 0.15) is 5.69 Å². The molecule has 0 unspecified atom stereocenters.